The van der Waals surface area contributed by atoms with E-state index in [1.54, 1.807) is 0 Å². The van der Waals surface area contributed by atoms with E-state index in [1.165, 1.54) is 23.3 Å². The summed E-state index contributed by atoms with van der Waals surface area (Å²) in [5.41, 5.74) is 3.78. The molecule has 0 radical (unpaired) electrons. The Morgan fingerprint density at radius 3 is 3.00 bits per heavy atom. The van der Waals surface area contributed by atoms with E-state index in [9.17, 15) is 5.11 Å². The van der Waals surface area contributed by atoms with Gasteiger partial charge in [-0.1, -0.05) is 5.57 Å². The van der Waals surface area contributed by atoms with Crippen molar-refractivity contribution < 1.29 is 5.11 Å². The van der Waals surface area contributed by atoms with E-state index in [0.29, 0.717) is 10.7 Å². The van der Waals surface area contributed by atoms with Crippen molar-refractivity contribution in [1.29, 1.82) is 0 Å². The van der Waals surface area contributed by atoms with Crippen LogP contribution in [0.3, 0.4) is 0 Å². The van der Waals surface area contributed by atoms with Gasteiger partial charge in [0.2, 0.25) is 0 Å². The molecule has 0 fully saturated rings. The maximum Gasteiger partial charge on any atom is 0.174 e. The van der Waals surface area contributed by atoms with Gasteiger partial charge in [0, 0.05) is 11.9 Å². The maximum absolute atomic E-state index is 9.26. The van der Waals surface area contributed by atoms with E-state index in [0.717, 1.165) is 19.3 Å². The lowest BCUT2D eigenvalue weighted by molar-refractivity contribution is 0.307. The number of aliphatic hydroxyl groups is 1. The quantitative estimate of drug-likeness (QED) is 0.560. The number of nitrogens with one attached hydrogen (secondary N) is 2. The number of aromatic amines is 2. The van der Waals surface area contributed by atoms with E-state index < -0.39 is 0 Å². The highest BCUT2D eigenvalue weighted by Gasteiger charge is 2.19. The first-order valence-corrected chi connectivity index (χ1v) is 6.14. The molecular formula is C12H18N2OS. The van der Waals surface area contributed by atoms with Crippen molar-refractivity contribution in [2.24, 2.45) is 5.92 Å². The van der Waals surface area contributed by atoms with Crippen molar-refractivity contribution in [3.63, 3.8) is 0 Å². The average Bonchev–Trinajstić information content (AvgIpc) is 2.67. The van der Waals surface area contributed by atoms with Crippen LogP contribution in [0.15, 0.2) is 17.3 Å². The molecule has 2 rings (SSSR count). The Hall–Kier alpha value is -0.870. The number of hydrogen-bond acceptors (Lipinski definition) is 2. The molecule has 0 spiro atoms. The van der Waals surface area contributed by atoms with Gasteiger partial charge in [0.1, 0.15) is 0 Å². The second-order valence-corrected chi connectivity index (χ2v) is 5.03. The molecule has 1 aromatic rings. The van der Waals surface area contributed by atoms with Gasteiger partial charge in [0.05, 0.1) is 6.61 Å². The highest BCUT2D eigenvalue weighted by Crippen LogP contribution is 2.30. The van der Waals surface area contributed by atoms with Crippen LogP contribution >= 0.6 is 12.2 Å². The summed E-state index contributed by atoms with van der Waals surface area (Å²) in [6.07, 6.45) is 6.32. The molecule has 1 aliphatic carbocycles. The van der Waals surface area contributed by atoms with Gasteiger partial charge in [0.25, 0.3) is 0 Å². The summed E-state index contributed by atoms with van der Waals surface area (Å²) < 4.78 is 0.694. The summed E-state index contributed by atoms with van der Waals surface area (Å²) in [5.74, 6) is 0.632. The van der Waals surface area contributed by atoms with E-state index in [1.807, 2.05) is 6.20 Å². The lowest BCUT2D eigenvalue weighted by atomic mass is 9.82. The van der Waals surface area contributed by atoms with Gasteiger partial charge in [0.15, 0.2) is 4.77 Å². The standard InChI is InChI=1S/C12H18N2OS/c1-8-2-3-9(4-10(8)7-15)5-11-6-13-12(16)14-11/h6,9,15H,2-5,7H2,1H3,(H2,13,14,16). The first-order chi connectivity index (χ1) is 7.69. The van der Waals surface area contributed by atoms with Gasteiger partial charge in [-0.2, -0.15) is 0 Å². The zero-order chi connectivity index (χ0) is 11.5. The van der Waals surface area contributed by atoms with Crippen LogP contribution in [0.5, 0.6) is 0 Å². The van der Waals surface area contributed by atoms with Crippen LogP contribution in [-0.4, -0.2) is 21.7 Å². The summed E-state index contributed by atoms with van der Waals surface area (Å²) >= 11 is 5.00. The minimum absolute atomic E-state index is 0.214. The van der Waals surface area contributed by atoms with Crippen molar-refractivity contribution in [3.8, 4) is 0 Å². The number of imidazole rings is 1. The van der Waals surface area contributed by atoms with Crippen LogP contribution < -0.4 is 0 Å². The lowest BCUT2D eigenvalue weighted by Gasteiger charge is -2.24. The topological polar surface area (TPSA) is 51.8 Å². The average molecular weight is 238 g/mol. The molecule has 16 heavy (non-hydrogen) atoms. The van der Waals surface area contributed by atoms with Crippen LogP contribution in [0.2, 0.25) is 0 Å². The summed E-state index contributed by atoms with van der Waals surface area (Å²) in [5, 5.41) is 9.26. The Bertz CT molecular complexity index is 444. The molecular weight excluding hydrogens is 220 g/mol. The van der Waals surface area contributed by atoms with Crippen LogP contribution in [0, 0.1) is 10.7 Å². The second kappa shape index (κ2) is 4.97. The molecule has 3 nitrogen and oxygen atoms in total. The highest BCUT2D eigenvalue weighted by atomic mass is 32.1. The molecule has 0 bridgehead atoms. The fourth-order valence-corrected chi connectivity index (χ4v) is 2.58. The summed E-state index contributed by atoms with van der Waals surface area (Å²) in [4.78, 5) is 6.14. The lowest BCUT2D eigenvalue weighted by Crippen LogP contribution is -2.14. The molecule has 1 atom stereocenters. The fraction of sp³-hybridized carbons (Fsp3) is 0.583. The van der Waals surface area contributed by atoms with Gasteiger partial charge in [-0.05, 0) is 56.3 Å². The monoisotopic (exact) mass is 238 g/mol. The fourth-order valence-electron chi connectivity index (χ4n) is 2.39. The minimum Gasteiger partial charge on any atom is -0.392 e. The van der Waals surface area contributed by atoms with E-state index in [-0.39, 0.29) is 6.61 Å². The van der Waals surface area contributed by atoms with Gasteiger partial charge < -0.3 is 15.1 Å². The van der Waals surface area contributed by atoms with Gasteiger partial charge >= 0.3 is 0 Å². The Labute approximate surface area is 101 Å². The van der Waals surface area contributed by atoms with Gasteiger partial charge in [-0.15, -0.1) is 0 Å². The predicted octanol–water partition coefficient (Wildman–Crippen LogP) is 2.72. The zero-order valence-corrected chi connectivity index (χ0v) is 10.4. The molecule has 0 aliphatic heterocycles. The molecule has 1 aliphatic rings. The first kappa shape index (κ1) is 11.6. The van der Waals surface area contributed by atoms with Crippen molar-refractivity contribution in [2.75, 3.05) is 6.61 Å². The minimum atomic E-state index is 0.214. The van der Waals surface area contributed by atoms with Gasteiger partial charge in [-0.25, -0.2) is 0 Å². The Morgan fingerprint density at radius 2 is 2.38 bits per heavy atom. The normalized spacial score (nSPS) is 21.5. The number of aromatic nitrogens is 2. The summed E-state index contributed by atoms with van der Waals surface area (Å²) in [6.45, 7) is 2.34. The molecule has 3 N–H and O–H groups in total. The number of rotatable bonds is 3. The number of aliphatic hydroxyl groups excluding tert-OH is 1. The third-order valence-electron chi connectivity index (χ3n) is 3.42. The third-order valence-corrected chi connectivity index (χ3v) is 3.64. The number of hydrogen-bond donors (Lipinski definition) is 3. The van der Waals surface area contributed by atoms with Crippen molar-refractivity contribution in [2.45, 2.75) is 32.6 Å². The number of allylic oxidation sites excluding steroid dienone is 1. The smallest absolute Gasteiger partial charge is 0.174 e. The molecule has 0 saturated heterocycles. The van der Waals surface area contributed by atoms with Crippen LogP contribution in [0.1, 0.15) is 31.9 Å². The largest absolute Gasteiger partial charge is 0.392 e. The summed E-state index contributed by atoms with van der Waals surface area (Å²) in [7, 11) is 0. The molecule has 0 amide bonds. The second-order valence-electron chi connectivity index (χ2n) is 4.62. The van der Waals surface area contributed by atoms with Crippen LogP contribution in [-0.2, 0) is 6.42 Å². The Balaban J connectivity index is 2.01. The Kier molecular flexibility index (Phi) is 3.61. The van der Waals surface area contributed by atoms with E-state index >= 15 is 0 Å². The SMILES string of the molecule is CC1=C(CO)CC(Cc2c[nH]c(=S)[nH]2)CC1. The van der Waals surface area contributed by atoms with E-state index in [4.69, 9.17) is 12.2 Å². The molecule has 1 aromatic heterocycles. The molecule has 1 heterocycles. The molecule has 0 aromatic carbocycles. The van der Waals surface area contributed by atoms with Crippen molar-refractivity contribution in [1.82, 2.24) is 9.97 Å². The Morgan fingerprint density at radius 1 is 1.56 bits per heavy atom. The molecule has 1 unspecified atom stereocenters. The molecule has 88 valence electrons. The van der Waals surface area contributed by atoms with Crippen molar-refractivity contribution >= 4 is 12.2 Å². The molecule has 0 saturated carbocycles. The van der Waals surface area contributed by atoms with Gasteiger partial charge in [-0.3, -0.25) is 0 Å². The van der Waals surface area contributed by atoms with Crippen LogP contribution in [0.25, 0.3) is 0 Å². The third kappa shape index (κ3) is 2.62. The van der Waals surface area contributed by atoms with E-state index in [2.05, 4.69) is 16.9 Å². The predicted molar refractivity (Wildman–Crippen MR) is 66.8 cm³/mol. The molecule has 4 heteroatoms. The zero-order valence-electron chi connectivity index (χ0n) is 9.55. The highest BCUT2D eigenvalue weighted by molar-refractivity contribution is 7.71. The van der Waals surface area contributed by atoms with Crippen LogP contribution in [0.4, 0.5) is 0 Å². The maximum atomic E-state index is 9.26. The summed E-state index contributed by atoms with van der Waals surface area (Å²) in [6, 6.07) is 0. The van der Waals surface area contributed by atoms with Crippen molar-refractivity contribution in [3.05, 3.63) is 27.8 Å². The first-order valence-electron chi connectivity index (χ1n) is 5.74. The number of H-pyrrole nitrogens is 2.